The first-order chi connectivity index (χ1) is 13.8. The fraction of sp³-hybridized carbons (Fsp3) is 0.200. The highest BCUT2D eigenvalue weighted by Gasteiger charge is 2.13. The van der Waals surface area contributed by atoms with E-state index in [0.29, 0.717) is 29.4 Å². The predicted octanol–water partition coefficient (Wildman–Crippen LogP) is 3.91. The molecule has 0 unspecified atom stereocenters. The van der Waals surface area contributed by atoms with E-state index >= 15 is 0 Å². The second kappa shape index (κ2) is 8.78. The van der Waals surface area contributed by atoms with Gasteiger partial charge in [-0.2, -0.15) is 0 Å². The van der Waals surface area contributed by atoms with Crippen molar-refractivity contribution in [2.75, 3.05) is 18.2 Å². The zero-order chi connectivity index (χ0) is 20.9. The Labute approximate surface area is 168 Å². The van der Waals surface area contributed by atoms with Gasteiger partial charge >= 0.3 is 0 Å². The number of nitrogens with one attached hydrogen (secondary N) is 1. The molecule has 29 heavy (non-hydrogen) atoms. The van der Waals surface area contributed by atoms with E-state index in [4.69, 9.17) is 14.0 Å². The Bertz CT molecular complexity index is 1080. The quantitative estimate of drug-likeness (QED) is 0.593. The Morgan fingerprint density at radius 2 is 1.79 bits per heavy atom. The molecular weight excluding hydrogens is 396 g/mol. The number of amides is 1. The third-order valence-electron chi connectivity index (χ3n) is 3.78. The summed E-state index contributed by atoms with van der Waals surface area (Å²) >= 11 is 0. The predicted molar refractivity (Wildman–Crippen MR) is 106 cm³/mol. The van der Waals surface area contributed by atoms with Gasteiger partial charge in [-0.15, -0.1) is 0 Å². The van der Waals surface area contributed by atoms with Crippen molar-refractivity contribution < 1.29 is 27.2 Å². The van der Waals surface area contributed by atoms with Crippen molar-refractivity contribution in [2.24, 2.45) is 0 Å². The molecule has 1 heterocycles. The maximum Gasteiger partial charge on any atom is 0.257 e. The van der Waals surface area contributed by atoms with Gasteiger partial charge in [0.25, 0.3) is 5.91 Å². The molecule has 0 aliphatic heterocycles. The highest BCUT2D eigenvalue weighted by atomic mass is 32.2. The van der Waals surface area contributed by atoms with Gasteiger partial charge < -0.3 is 19.3 Å². The Hall–Kier alpha value is -3.33. The van der Waals surface area contributed by atoms with Crippen LogP contribution in [0.5, 0.6) is 17.2 Å². The van der Waals surface area contributed by atoms with Crippen LogP contribution in [0, 0.1) is 0 Å². The minimum absolute atomic E-state index is 0.192. The fourth-order valence-electron chi connectivity index (χ4n) is 2.42. The van der Waals surface area contributed by atoms with Crippen molar-refractivity contribution in [1.82, 2.24) is 5.16 Å². The Morgan fingerprint density at radius 3 is 2.41 bits per heavy atom. The number of hydrogen-bond donors (Lipinski definition) is 1. The van der Waals surface area contributed by atoms with Crippen molar-refractivity contribution in [2.45, 2.75) is 18.2 Å². The maximum atomic E-state index is 12.5. The second-order valence-corrected chi connectivity index (χ2v) is 8.24. The standard InChI is InChI=1S/C20H20N2O6S/c1-3-9-26-16-11-14(20(23)21-19-8-10-27-22-19)12-17(13-16)28-15-4-6-18(7-5-15)29(2,24)25/h4-8,10-13H,3,9H2,1-2H3,(H,21,22,23). The number of sulfone groups is 1. The number of carbonyl (C=O) groups is 1. The molecule has 0 atom stereocenters. The molecular formula is C20H20N2O6S. The number of rotatable bonds is 8. The molecule has 0 bridgehead atoms. The number of carbonyl (C=O) groups excluding carboxylic acids is 1. The summed E-state index contributed by atoms with van der Waals surface area (Å²) in [5, 5.41) is 6.27. The summed E-state index contributed by atoms with van der Waals surface area (Å²) in [7, 11) is -3.29. The Kier molecular flexibility index (Phi) is 6.18. The van der Waals surface area contributed by atoms with Crippen LogP contribution in [-0.4, -0.2) is 32.3 Å². The molecule has 1 N–H and O–H groups in total. The molecule has 3 rings (SSSR count). The first kappa shape index (κ1) is 20.4. The Balaban J connectivity index is 1.85. The monoisotopic (exact) mass is 416 g/mol. The average molecular weight is 416 g/mol. The number of benzene rings is 2. The summed E-state index contributed by atoms with van der Waals surface area (Å²) < 4.78 is 39.3. The molecule has 0 aliphatic rings. The second-order valence-electron chi connectivity index (χ2n) is 6.23. The molecule has 3 aromatic rings. The van der Waals surface area contributed by atoms with Crippen LogP contribution in [0.25, 0.3) is 0 Å². The lowest BCUT2D eigenvalue weighted by Crippen LogP contribution is -2.12. The van der Waals surface area contributed by atoms with Crippen LogP contribution in [0.3, 0.4) is 0 Å². The van der Waals surface area contributed by atoms with Gasteiger partial charge in [-0.25, -0.2) is 8.42 Å². The van der Waals surface area contributed by atoms with Gasteiger partial charge in [-0.3, -0.25) is 4.79 Å². The Morgan fingerprint density at radius 1 is 1.07 bits per heavy atom. The molecule has 0 saturated heterocycles. The third kappa shape index (κ3) is 5.58. The van der Waals surface area contributed by atoms with Gasteiger partial charge in [0.2, 0.25) is 0 Å². The maximum absolute atomic E-state index is 12.5. The van der Waals surface area contributed by atoms with Gasteiger partial charge in [-0.05, 0) is 42.8 Å². The number of aromatic nitrogens is 1. The number of hydrogen-bond acceptors (Lipinski definition) is 7. The molecule has 152 valence electrons. The van der Waals surface area contributed by atoms with Crippen molar-refractivity contribution >= 4 is 21.6 Å². The van der Waals surface area contributed by atoms with E-state index in [9.17, 15) is 13.2 Å². The van der Waals surface area contributed by atoms with E-state index in [1.807, 2.05) is 6.92 Å². The first-order valence-electron chi connectivity index (χ1n) is 8.83. The molecule has 0 saturated carbocycles. The third-order valence-corrected chi connectivity index (χ3v) is 4.91. The van der Waals surface area contributed by atoms with Gasteiger partial charge in [0.1, 0.15) is 23.5 Å². The highest BCUT2D eigenvalue weighted by Crippen LogP contribution is 2.29. The van der Waals surface area contributed by atoms with Crippen LogP contribution in [0.15, 0.2) is 64.2 Å². The molecule has 0 radical (unpaired) electrons. The van der Waals surface area contributed by atoms with Crippen LogP contribution in [0.1, 0.15) is 23.7 Å². The topological polar surface area (TPSA) is 108 Å². The van der Waals surface area contributed by atoms with Crippen LogP contribution in [0.4, 0.5) is 5.82 Å². The zero-order valence-electron chi connectivity index (χ0n) is 15.9. The van der Waals surface area contributed by atoms with Gasteiger partial charge in [0.05, 0.1) is 11.5 Å². The fourth-order valence-corrected chi connectivity index (χ4v) is 3.05. The summed E-state index contributed by atoms with van der Waals surface area (Å²) in [6, 6.07) is 12.4. The summed E-state index contributed by atoms with van der Waals surface area (Å²) in [6.45, 7) is 2.46. The largest absolute Gasteiger partial charge is 0.493 e. The van der Waals surface area contributed by atoms with Crippen LogP contribution in [-0.2, 0) is 9.84 Å². The molecule has 0 fully saturated rings. The molecule has 9 heteroatoms. The first-order valence-corrected chi connectivity index (χ1v) is 10.7. The molecule has 1 amide bonds. The van der Waals surface area contributed by atoms with Gasteiger partial charge in [0.15, 0.2) is 15.7 Å². The van der Waals surface area contributed by atoms with Crippen molar-refractivity contribution in [1.29, 1.82) is 0 Å². The van der Waals surface area contributed by atoms with E-state index < -0.39 is 15.7 Å². The lowest BCUT2D eigenvalue weighted by Gasteiger charge is -2.12. The zero-order valence-corrected chi connectivity index (χ0v) is 16.7. The minimum atomic E-state index is -3.29. The van der Waals surface area contributed by atoms with E-state index in [1.54, 1.807) is 30.3 Å². The van der Waals surface area contributed by atoms with E-state index in [1.165, 1.54) is 24.5 Å². The van der Waals surface area contributed by atoms with Gasteiger partial charge in [-0.1, -0.05) is 12.1 Å². The molecule has 1 aromatic heterocycles. The SMILES string of the molecule is CCCOc1cc(Oc2ccc(S(C)(=O)=O)cc2)cc(C(=O)Nc2ccon2)c1. The molecule has 0 aliphatic carbocycles. The smallest absolute Gasteiger partial charge is 0.257 e. The molecule has 2 aromatic carbocycles. The number of anilines is 1. The lowest BCUT2D eigenvalue weighted by atomic mass is 10.2. The summed E-state index contributed by atoms with van der Waals surface area (Å²) in [5.74, 6) is 1.15. The van der Waals surface area contributed by atoms with Crippen LogP contribution >= 0.6 is 0 Å². The number of nitrogens with zero attached hydrogens (tertiary/aromatic N) is 1. The van der Waals surface area contributed by atoms with E-state index in [0.717, 1.165) is 12.7 Å². The van der Waals surface area contributed by atoms with Crippen molar-refractivity contribution in [3.8, 4) is 17.2 Å². The van der Waals surface area contributed by atoms with Crippen LogP contribution < -0.4 is 14.8 Å². The minimum Gasteiger partial charge on any atom is -0.493 e. The summed E-state index contributed by atoms with van der Waals surface area (Å²) in [5.41, 5.74) is 0.310. The van der Waals surface area contributed by atoms with E-state index in [-0.39, 0.29) is 10.7 Å². The van der Waals surface area contributed by atoms with E-state index in [2.05, 4.69) is 10.5 Å². The molecule has 8 nitrogen and oxygen atoms in total. The lowest BCUT2D eigenvalue weighted by molar-refractivity contribution is 0.102. The van der Waals surface area contributed by atoms with Crippen molar-refractivity contribution in [3.05, 3.63) is 60.4 Å². The van der Waals surface area contributed by atoms with Gasteiger partial charge in [0, 0.05) is 24.0 Å². The number of ether oxygens (including phenoxy) is 2. The van der Waals surface area contributed by atoms with Crippen molar-refractivity contribution in [3.63, 3.8) is 0 Å². The van der Waals surface area contributed by atoms with Crippen LogP contribution in [0.2, 0.25) is 0 Å². The molecule has 0 spiro atoms. The normalized spacial score (nSPS) is 11.1. The summed E-state index contributed by atoms with van der Waals surface area (Å²) in [6.07, 6.45) is 3.29. The average Bonchev–Trinajstić information content (AvgIpc) is 3.19. The highest BCUT2D eigenvalue weighted by molar-refractivity contribution is 7.90. The summed E-state index contributed by atoms with van der Waals surface area (Å²) in [4.78, 5) is 12.7.